The van der Waals surface area contributed by atoms with E-state index in [2.05, 4.69) is 10.6 Å². The van der Waals surface area contributed by atoms with Crippen LogP contribution in [0.3, 0.4) is 0 Å². The largest absolute Gasteiger partial charge is 0.462 e. The van der Waals surface area contributed by atoms with Crippen LogP contribution < -0.4 is 10.6 Å². The fraction of sp³-hybridized carbons (Fsp3) is 0.304. The van der Waals surface area contributed by atoms with Crippen LogP contribution in [0, 0.1) is 6.92 Å². The van der Waals surface area contributed by atoms with Crippen molar-refractivity contribution in [2.24, 2.45) is 0 Å². The highest BCUT2D eigenvalue weighted by molar-refractivity contribution is 7.19. The normalized spacial score (nSPS) is 10.9. The number of rotatable bonds is 9. The van der Waals surface area contributed by atoms with Crippen LogP contribution in [0.25, 0.3) is 0 Å². The van der Waals surface area contributed by atoms with Crippen molar-refractivity contribution in [3.8, 4) is 0 Å². The van der Waals surface area contributed by atoms with Crippen LogP contribution in [0.2, 0.25) is 0 Å². The third-order valence-electron chi connectivity index (χ3n) is 4.28. The molecule has 0 saturated carbocycles. The van der Waals surface area contributed by atoms with Gasteiger partial charge in [-0.05, 0) is 44.9 Å². The Bertz CT molecular complexity index is 1030. The SMILES string of the molecule is CC/C=C(\C)C(=O)OCC(=O)Nc1sc(C(=O)Nc2ccccc2)c(C)c1C(=O)OCC. The van der Waals surface area contributed by atoms with E-state index >= 15 is 0 Å². The van der Waals surface area contributed by atoms with E-state index < -0.39 is 30.4 Å². The van der Waals surface area contributed by atoms with Gasteiger partial charge in [0.1, 0.15) is 5.00 Å². The average molecular weight is 459 g/mol. The second-order valence-corrected chi connectivity index (χ2v) is 7.74. The summed E-state index contributed by atoms with van der Waals surface area (Å²) in [6.07, 6.45) is 2.36. The molecular formula is C23H26N2O6S. The summed E-state index contributed by atoms with van der Waals surface area (Å²) in [5.41, 5.74) is 1.48. The van der Waals surface area contributed by atoms with Crippen molar-refractivity contribution in [1.82, 2.24) is 0 Å². The molecule has 1 aromatic carbocycles. The van der Waals surface area contributed by atoms with E-state index in [0.29, 0.717) is 23.2 Å². The van der Waals surface area contributed by atoms with Crippen molar-refractivity contribution in [2.75, 3.05) is 23.8 Å². The zero-order valence-electron chi connectivity index (χ0n) is 18.4. The quantitative estimate of drug-likeness (QED) is 0.428. The lowest BCUT2D eigenvalue weighted by Gasteiger charge is -2.08. The molecule has 1 aromatic heterocycles. The van der Waals surface area contributed by atoms with Gasteiger partial charge in [0, 0.05) is 11.3 Å². The zero-order valence-corrected chi connectivity index (χ0v) is 19.3. The summed E-state index contributed by atoms with van der Waals surface area (Å²) in [5.74, 6) is -2.31. The van der Waals surface area contributed by atoms with Gasteiger partial charge in [-0.25, -0.2) is 9.59 Å². The molecule has 0 aliphatic carbocycles. The van der Waals surface area contributed by atoms with Crippen molar-refractivity contribution < 1.29 is 28.7 Å². The molecular weight excluding hydrogens is 432 g/mol. The minimum Gasteiger partial charge on any atom is -0.462 e. The Labute approximate surface area is 190 Å². The molecule has 0 aliphatic rings. The van der Waals surface area contributed by atoms with Gasteiger partial charge in [-0.3, -0.25) is 9.59 Å². The number of allylic oxidation sites excluding steroid dienone is 1. The minimum absolute atomic E-state index is 0.0943. The smallest absolute Gasteiger partial charge is 0.341 e. The van der Waals surface area contributed by atoms with Gasteiger partial charge in [0.2, 0.25) is 0 Å². The van der Waals surface area contributed by atoms with Crippen molar-refractivity contribution in [3.63, 3.8) is 0 Å². The summed E-state index contributed by atoms with van der Waals surface area (Å²) in [4.78, 5) is 49.8. The van der Waals surface area contributed by atoms with Crippen LogP contribution in [0.4, 0.5) is 10.7 Å². The van der Waals surface area contributed by atoms with E-state index in [0.717, 1.165) is 11.3 Å². The maximum absolute atomic E-state index is 12.8. The monoisotopic (exact) mass is 458 g/mol. The molecule has 0 radical (unpaired) electrons. The van der Waals surface area contributed by atoms with Crippen molar-refractivity contribution in [2.45, 2.75) is 34.1 Å². The van der Waals surface area contributed by atoms with Crippen LogP contribution in [0.15, 0.2) is 42.0 Å². The van der Waals surface area contributed by atoms with Gasteiger partial charge in [0.05, 0.1) is 17.0 Å². The molecule has 2 aromatic rings. The molecule has 1 heterocycles. The number of benzene rings is 1. The lowest BCUT2D eigenvalue weighted by molar-refractivity contribution is -0.143. The van der Waals surface area contributed by atoms with Crippen molar-refractivity contribution in [3.05, 3.63) is 58.0 Å². The van der Waals surface area contributed by atoms with Crippen molar-refractivity contribution >= 4 is 45.8 Å². The minimum atomic E-state index is -0.658. The van der Waals surface area contributed by atoms with Gasteiger partial charge in [-0.2, -0.15) is 0 Å². The third-order valence-corrected chi connectivity index (χ3v) is 5.49. The number of esters is 2. The van der Waals surface area contributed by atoms with Gasteiger partial charge >= 0.3 is 11.9 Å². The fourth-order valence-corrected chi connectivity index (χ4v) is 3.88. The molecule has 0 bridgehead atoms. The summed E-state index contributed by atoms with van der Waals surface area (Å²) < 4.78 is 10.1. The first-order valence-electron chi connectivity index (χ1n) is 10.1. The molecule has 2 rings (SSSR count). The van der Waals surface area contributed by atoms with Crippen LogP contribution in [-0.2, 0) is 19.1 Å². The van der Waals surface area contributed by atoms with Crippen LogP contribution in [-0.4, -0.2) is 37.0 Å². The lowest BCUT2D eigenvalue weighted by Crippen LogP contribution is -2.22. The maximum Gasteiger partial charge on any atom is 0.341 e. The molecule has 0 spiro atoms. The number of anilines is 2. The first-order valence-corrected chi connectivity index (χ1v) is 10.9. The highest BCUT2D eigenvalue weighted by atomic mass is 32.1. The molecule has 9 heteroatoms. The molecule has 0 atom stereocenters. The first kappa shape index (κ1) is 24.8. The lowest BCUT2D eigenvalue weighted by atomic mass is 10.1. The van der Waals surface area contributed by atoms with Gasteiger partial charge in [0.15, 0.2) is 6.61 Å². The number of thiophene rings is 1. The van der Waals surface area contributed by atoms with E-state index in [9.17, 15) is 19.2 Å². The van der Waals surface area contributed by atoms with Crippen LogP contribution in [0.1, 0.15) is 52.8 Å². The Morgan fingerprint density at radius 1 is 1.03 bits per heavy atom. The molecule has 0 aliphatic heterocycles. The summed E-state index contributed by atoms with van der Waals surface area (Å²) in [6.45, 7) is 6.35. The number of para-hydroxylation sites is 1. The highest BCUT2D eigenvalue weighted by Gasteiger charge is 2.27. The summed E-state index contributed by atoms with van der Waals surface area (Å²) in [7, 11) is 0. The summed E-state index contributed by atoms with van der Waals surface area (Å²) in [6, 6.07) is 8.86. The van der Waals surface area contributed by atoms with E-state index in [-0.39, 0.29) is 22.0 Å². The van der Waals surface area contributed by atoms with Gasteiger partial charge in [0.25, 0.3) is 11.8 Å². The molecule has 0 unspecified atom stereocenters. The summed E-state index contributed by atoms with van der Waals surface area (Å²) in [5, 5.41) is 5.47. The zero-order chi connectivity index (χ0) is 23.7. The first-order chi connectivity index (χ1) is 15.3. The van der Waals surface area contributed by atoms with E-state index in [4.69, 9.17) is 9.47 Å². The van der Waals surface area contributed by atoms with Gasteiger partial charge in [-0.1, -0.05) is 31.2 Å². The van der Waals surface area contributed by atoms with E-state index in [1.165, 1.54) is 0 Å². The Hall–Kier alpha value is -3.46. The fourth-order valence-electron chi connectivity index (χ4n) is 2.77. The van der Waals surface area contributed by atoms with E-state index in [1.807, 2.05) is 13.0 Å². The second kappa shape index (κ2) is 11.8. The predicted octanol–water partition coefficient (Wildman–Crippen LogP) is 4.32. The van der Waals surface area contributed by atoms with Crippen LogP contribution >= 0.6 is 11.3 Å². The molecule has 8 nitrogen and oxygen atoms in total. The average Bonchev–Trinajstić information content (AvgIpc) is 3.08. The number of amides is 2. The molecule has 0 fully saturated rings. The number of hydrogen-bond donors (Lipinski definition) is 2. The predicted molar refractivity (Wildman–Crippen MR) is 123 cm³/mol. The number of nitrogens with one attached hydrogen (secondary N) is 2. The standard InChI is InChI=1S/C23H26N2O6S/c1-5-10-14(3)22(28)31-13-17(26)25-21-18(23(29)30-6-2)15(4)19(32-21)20(27)24-16-11-8-7-9-12-16/h7-12H,5-6,13H2,1-4H3,(H,24,27)(H,25,26)/b14-10+. The van der Waals surface area contributed by atoms with Crippen molar-refractivity contribution in [1.29, 1.82) is 0 Å². The Morgan fingerprint density at radius 2 is 1.72 bits per heavy atom. The van der Waals surface area contributed by atoms with Crippen LogP contribution in [0.5, 0.6) is 0 Å². The van der Waals surface area contributed by atoms with Gasteiger partial charge in [-0.15, -0.1) is 11.3 Å². The maximum atomic E-state index is 12.8. The Morgan fingerprint density at radius 3 is 2.34 bits per heavy atom. The Balaban J connectivity index is 2.22. The molecule has 2 amide bonds. The summed E-state index contributed by atoms with van der Waals surface area (Å²) >= 11 is 0.948. The number of ether oxygens (including phenoxy) is 2. The second-order valence-electron chi connectivity index (χ2n) is 6.72. The molecule has 2 N–H and O–H groups in total. The topological polar surface area (TPSA) is 111 Å². The Kier molecular flexibility index (Phi) is 9.15. The molecule has 170 valence electrons. The highest BCUT2D eigenvalue weighted by Crippen LogP contribution is 2.34. The third kappa shape index (κ3) is 6.52. The van der Waals surface area contributed by atoms with E-state index in [1.54, 1.807) is 51.1 Å². The molecule has 32 heavy (non-hydrogen) atoms. The molecule has 0 saturated heterocycles. The number of carbonyl (C=O) groups excluding carboxylic acids is 4. The van der Waals surface area contributed by atoms with Gasteiger partial charge < -0.3 is 20.1 Å². The number of hydrogen-bond acceptors (Lipinski definition) is 7. The number of carbonyl (C=O) groups is 4.